The van der Waals surface area contributed by atoms with Gasteiger partial charge in [0.15, 0.2) is 0 Å². The molecule has 0 aromatic rings. The molecule has 5 nitrogen and oxygen atoms in total. The lowest BCUT2D eigenvalue weighted by atomic mass is 10.4. The van der Waals surface area contributed by atoms with Gasteiger partial charge in [-0.2, -0.15) is 0 Å². The number of carbonyl (C=O) groups excluding carboxylic acids is 2. The summed E-state index contributed by atoms with van der Waals surface area (Å²) in [7, 11) is 0. The van der Waals surface area contributed by atoms with Crippen molar-refractivity contribution in [1.82, 2.24) is 10.2 Å². The number of nitrogens with zero attached hydrogens (tertiary/aromatic N) is 1. The maximum absolute atomic E-state index is 11.5. The lowest BCUT2D eigenvalue weighted by molar-refractivity contribution is 0.0857. The Morgan fingerprint density at radius 3 is 2.13 bits per heavy atom. The highest BCUT2D eigenvalue weighted by Gasteiger charge is 2.22. The number of urea groups is 1. The van der Waals surface area contributed by atoms with Crippen LogP contribution in [-0.2, 0) is 4.74 Å². The Balaban J connectivity index is 4.34. The first-order valence-electron chi connectivity index (χ1n) is 5.17. The fraction of sp³-hybridized carbons (Fsp3) is 0.800. The number of hydrogen-bond donors (Lipinski definition) is 1. The minimum atomic E-state index is -0.606. The molecule has 0 aromatic heterocycles. The summed E-state index contributed by atoms with van der Waals surface area (Å²) in [5.74, 6) is 0. The Hall–Kier alpha value is -1.26. The third-order valence-corrected chi connectivity index (χ3v) is 1.53. The molecule has 0 atom stereocenters. The van der Waals surface area contributed by atoms with E-state index in [1.54, 1.807) is 20.8 Å². The lowest BCUT2D eigenvalue weighted by Gasteiger charge is -2.21. The maximum atomic E-state index is 11.5. The molecule has 0 saturated heterocycles. The monoisotopic (exact) mass is 216 g/mol. The lowest BCUT2D eigenvalue weighted by Crippen LogP contribution is -2.46. The van der Waals surface area contributed by atoms with Crippen LogP contribution in [0, 0.1) is 0 Å². The fourth-order valence-electron chi connectivity index (χ4n) is 0.946. The van der Waals surface area contributed by atoms with Crippen molar-refractivity contribution in [3.05, 3.63) is 0 Å². The Morgan fingerprint density at radius 1 is 1.27 bits per heavy atom. The van der Waals surface area contributed by atoms with E-state index in [2.05, 4.69) is 5.32 Å². The summed E-state index contributed by atoms with van der Waals surface area (Å²) in [6.07, 6.45) is -0.830. The minimum absolute atomic E-state index is 0.00148. The van der Waals surface area contributed by atoms with Gasteiger partial charge in [-0.3, -0.25) is 0 Å². The molecule has 3 amide bonds. The van der Waals surface area contributed by atoms with Gasteiger partial charge in [-0.05, 0) is 34.6 Å². The highest BCUT2D eigenvalue weighted by molar-refractivity contribution is 5.90. The number of carbonyl (C=O) groups is 2. The summed E-state index contributed by atoms with van der Waals surface area (Å²) in [4.78, 5) is 24.0. The zero-order chi connectivity index (χ0) is 12.0. The largest absolute Gasteiger partial charge is 0.446 e. The summed E-state index contributed by atoms with van der Waals surface area (Å²) >= 11 is 0. The third-order valence-electron chi connectivity index (χ3n) is 1.53. The van der Waals surface area contributed by atoms with Gasteiger partial charge in [0.1, 0.15) is 0 Å². The first kappa shape index (κ1) is 13.7. The molecule has 0 unspecified atom stereocenters. The number of nitrogens with one attached hydrogen (secondary N) is 1. The van der Waals surface area contributed by atoms with Crippen molar-refractivity contribution < 1.29 is 14.3 Å². The van der Waals surface area contributed by atoms with Crippen LogP contribution in [0.3, 0.4) is 0 Å². The summed E-state index contributed by atoms with van der Waals surface area (Å²) in [6, 6.07) is -0.420. The SMILES string of the molecule is CCN(C(=O)NC(C)C)C(=O)OC(C)C. The molecule has 0 bridgehead atoms. The van der Waals surface area contributed by atoms with Gasteiger partial charge in [0.25, 0.3) is 0 Å². The van der Waals surface area contributed by atoms with Crippen LogP contribution < -0.4 is 5.32 Å². The first-order valence-corrected chi connectivity index (χ1v) is 5.17. The number of amides is 3. The van der Waals surface area contributed by atoms with E-state index in [1.165, 1.54) is 0 Å². The van der Waals surface area contributed by atoms with Gasteiger partial charge in [0, 0.05) is 12.6 Å². The smallest absolute Gasteiger partial charge is 0.418 e. The van der Waals surface area contributed by atoms with E-state index >= 15 is 0 Å². The zero-order valence-corrected chi connectivity index (χ0v) is 10.0. The highest BCUT2D eigenvalue weighted by Crippen LogP contribution is 1.99. The standard InChI is InChI=1S/C10H20N2O3/c1-6-12(9(13)11-7(2)3)10(14)15-8(4)5/h7-8H,6H2,1-5H3,(H,11,13). The third kappa shape index (κ3) is 5.24. The van der Waals surface area contributed by atoms with Crippen LogP contribution in [0.1, 0.15) is 34.6 Å². The van der Waals surface area contributed by atoms with Crippen LogP contribution >= 0.6 is 0 Å². The summed E-state index contributed by atoms with van der Waals surface area (Å²) in [5, 5.41) is 2.63. The topological polar surface area (TPSA) is 58.6 Å². The Bertz CT molecular complexity index is 205. The number of hydrogen-bond acceptors (Lipinski definition) is 3. The molecule has 0 radical (unpaired) electrons. The highest BCUT2D eigenvalue weighted by atomic mass is 16.6. The number of rotatable bonds is 3. The second kappa shape index (κ2) is 6.27. The van der Waals surface area contributed by atoms with Crippen molar-refractivity contribution in [1.29, 1.82) is 0 Å². The van der Waals surface area contributed by atoms with E-state index in [0.717, 1.165) is 4.90 Å². The molecular formula is C10H20N2O3. The molecule has 0 rings (SSSR count). The molecule has 0 saturated carbocycles. The average Bonchev–Trinajstić information content (AvgIpc) is 2.01. The molecule has 5 heteroatoms. The van der Waals surface area contributed by atoms with E-state index in [-0.39, 0.29) is 12.1 Å². The van der Waals surface area contributed by atoms with Crippen molar-refractivity contribution in [3.63, 3.8) is 0 Å². The van der Waals surface area contributed by atoms with Crippen LogP contribution in [0.5, 0.6) is 0 Å². The van der Waals surface area contributed by atoms with E-state index in [4.69, 9.17) is 4.74 Å². The second-order valence-corrected chi connectivity index (χ2v) is 3.78. The van der Waals surface area contributed by atoms with Gasteiger partial charge in [-0.25, -0.2) is 14.5 Å². The Morgan fingerprint density at radius 2 is 1.80 bits per heavy atom. The van der Waals surface area contributed by atoms with Crippen molar-refractivity contribution in [2.24, 2.45) is 0 Å². The molecule has 0 aliphatic rings. The van der Waals surface area contributed by atoms with Crippen molar-refractivity contribution in [2.45, 2.75) is 46.8 Å². The van der Waals surface area contributed by atoms with Gasteiger partial charge in [-0.15, -0.1) is 0 Å². The quantitative estimate of drug-likeness (QED) is 0.784. The normalized spacial score (nSPS) is 10.3. The van der Waals surface area contributed by atoms with Gasteiger partial charge in [0.2, 0.25) is 0 Å². The van der Waals surface area contributed by atoms with Crippen molar-refractivity contribution >= 4 is 12.1 Å². The van der Waals surface area contributed by atoms with Crippen LogP contribution in [0.4, 0.5) is 9.59 Å². The van der Waals surface area contributed by atoms with Gasteiger partial charge in [-0.1, -0.05) is 0 Å². The van der Waals surface area contributed by atoms with E-state index in [9.17, 15) is 9.59 Å². The van der Waals surface area contributed by atoms with Gasteiger partial charge >= 0.3 is 12.1 Å². The van der Waals surface area contributed by atoms with E-state index in [1.807, 2.05) is 13.8 Å². The number of ether oxygens (including phenoxy) is 1. The van der Waals surface area contributed by atoms with Gasteiger partial charge in [0.05, 0.1) is 6.10 Å². The van der Waals surface area contributed by atoms with Crippen LogP contribution in [0.15, 0.2) is 0 Å². The van der Waals surface area contributed by atoms with Crippen LogP contribution in [-0.4, -0.2) is 35.7 Å². The Labute approximate surface area is 90.8 Å². The fourth-order valence-corrected chi connectivity index (χ4v) is 0.946. The minimum Gasteiger partial charge on any atom is -0.446 e. The molecule has 0 fully saturated rings. The zero-order valence-electron chi connectivity index (χ0n) is 10.0. The van der Waals surface area contributed by atoms with Crippen LogP contribution in [0.25, 0.3) is 0 Å². The van der Waals surface area contributed by atoms with Gasteiger partial charge < -0.3 is 10.1 Å². The van der Waals surface area contributed by atoms with Crippen LogP contribution in [0.2, 0.25) is 0 Å². The molecule has 0 aromatic carbocycles. The molecule has 0 aliphatic carbocycles. The average molecular weight is 216 g/mol. The predicted octanol–water partition coefficient (Wildman–Crippen LogP) is 1.97. The molecule has 0 aliphatic heterocycles. The Kier molecular flexibility index (Phi) is 5.74. The molecule has 15 heavy (non-hydrogen) atoms. The first-order chi connectivity index (χ1) is 6.88. The molecule has 1 N–H and O–H groups in total. The summed E-state index contributed by atoms with van der Waals surface area (Å²) in [6.45, 7) is 9.17. The molecule has 0 heterocycles. The maximum Gasteiger partial charge on any atom is 0.418 e. The van der Waals surface area contributed by atoms with Crippen molar-refractivity contribution in [3.8, 4) is 0 Å². The summed E-state index contributed by atoms with van der Waals surface area (Å²) < 4.78 is 4.93. The summed E-state index contributed by atoms with van der Waals surface area (Å²) in [5.41, 5.74) is 0. The van der Waals surface area contributed by atoms with E-state index < -0.39 is 12.1 Å². The van der Waals surface area contributed by atoms with E-state index in [0.29, 0.717) is 6.54 Å². The molecular weight excluding hydrogens is 196 g/mol. The predicted molar refractivity (Wildman–Crippen MR) is 57.7 cm³/mol. The molecule has 0 spiro atoms. The molecule has 88 valence electrons. The van der Waals surface area contributed by atoms with Crippen molar-refractivity contribution in [2.75, 3.05) is 6.54 Å². The number of imide groups is 1. The second-order valence-electron chi connectivity index (χ2n) is 3.78.